The minimum Gasteiger partial charge on any atom is -0.465 e. The van der Waals surface area contributed by atoms with Crippen LogP contribution in [-0.2, 0) is 9.47 Å². The van der Waals surface area contributed by atoms with Gasteiger partial charge in [-0.15, -0.1) is 0 Å². The number of morpholine rings is 1. The van der Waals surface area contributed by atoms with Gasteiger partial charge in [-0.1, -0.05) is 0 Å². The van der Waals surface area contributed by atoms with Crippen LogP contribution in [0, 0.1) is 0 Å². The normalized spacial score (nSPS) is 15.9. The lowest BCUT2D eigenvalue weighted by molar-refractivity contribution is 0.0600. The van der Waals surface area contributed by atoms with E-state index in [1.807, 2.05) is 4.90 Å². The van der Waals surface area contributed by atoms with Crippen LogP contribution >= 0.6 is 0 Å². The Morgan fingerprint density at radius 1 is 1.50 bits per heavy atom. The summed E-state index contributed by atoms with van der Waals surface area (Å²) < 4.78 is 9.99. The SMILES string of the molecule is COC(=O)c1cccnc1N1CCOCC1. The Kier molecular flexibility index (Phi) is 3.36. The molecule has 0 spiro atoms. The average Bonchev–Trinajstić information content (AvgIpc) is 2.39. The van der Waals surface area contributed by atoms with E-state index in [1.54, 1.807) is 18.3 Å². The largest absolute Gasteiger partial charge is 0.465 e. The molecule has 0 atom stereocenters. The molecule has 1 aliphatic heterocycles. The summed E-state index contributed by atoms with van der Waals surface area (Å²) >= 11 is 0. The lowest BCUT2D eigenvalue weighted by Gasteiger charge is -2.28. The Bertz CT molecular complexity index is 375. The summed E-state index contributed by atoms with van der Waals surface area (Å²) in [4.78, 5) is 17.8. The Morgan fingerprint density at radius 3 is 2.94 bits per heavy atom. The average molecular weight is 222 g/mol. The van der Waals surface area contributed by atoms with Gasteiger partial charge in [0.05, 0.1) is 20.3 Å². The quantitative estimate of drug-likeness (QED) is 0.690. The van der Waals surface area contributed by atoms with E-state index in [1.165, 1.54) is 7.11 Å². The van der Waals surface area contributed by atoms with Crippen molar-refractivity contribution < 1.29 is 14.3 Å². The van der Waals surface area contributed by atoms with E-state index in [2.05, 4.69) is 4.98 Å². The molecule has 0 amide bonds. The van der Waals surface area contributed by atoms with Crippen molar-refractivity contribution in [1.82, 2.24) is 4.98 Å². The van der Waals surface area contributed by atoms with Gasteiger partial charge in [-0.2, -0.15) is 0 Å². The number of ether oxygens (including phenoxy) is 2. The number of rotatable bonds is 2. The van der Waals surface area contributed by atoms with E-state index in [4.69, 9.17) is 9.47 Å². The summed E-state index contributed by atoms with van der Waals surface area (Å²) in [6.45, 7) is 2.83. The predicted molar refractivity (Wildman–Crippen MR) is 58.6 cm³/mol. The maximum atomic E-state index is 11.6. The van der Waals surface area contributed by atoms with Gasteiger partial charge in [0.1, 0.15) is 11.4 Å². The van der Waals surface area contributed by atoms with E-state index >= 15 is 0 Å². The maximum absolute atomic E-state index is 11.6. The third-order valence-electron chi connectivity index (χ3n) is 2.50. The number of carbonyl (C=O) groups excluding carboxylic acids is 1. The van der Waals surface area contributed by atoms with Crippen LogP contribution in [0.2, 0.25) is 0 Å². The first-order chi connectivity index (χ1) is 7.83. The number of pyridine rings is 1. The summed E-state index contributed by atoms with van der Waals surface area (Å²) in [6.07, 6.45) is 1.68. The molecule has 86 valence electrons. The van der Waals surface area contributed by atoms with E-state index in [9.17, 15) is 4.79 Å². The molecule has 2 heterocycles. The van der Waals surface area contributed by atoms with E-state index in [0.717, 1.165) is 13.1 Å². The van der Waals surface area contributed by atoms with Crippen LogP contribution in [0.5, 0.6) is 0 Å². The highest BCUT2D eigenvalue weighted by Gasteiger charge is 2.19. The van der Waals surface area contributed by atoms with Crippen molar-refractivity contribution in [2.45, 2.75) is 0 Å². The van der Waals surface area contributed by atoms with Crippen LogP contribution in [-0.4, -0.2) is 44.4 Å². The van der Waals surface area contributed by atoms with Crippen molar-refractivity contribution in [2.24, 2.45) is 0 Å². The molecule has 2 rings (SSSR count). The predicted octanol–water partition coefficient (Wildman–Crippen LogP) is 0.705. The van der Waals surface area contributed by atoms with Crippen LogP contribution in [0.15, 0.2) is 18.3 Å². The molecule has 0 radical (unpaired) electrons. The van der Waals surface area contributed by atoms with E-state index < -0.39 is 0 Å². The summed E-state index contributed by atoms with van der Waals surface area (Å²) in [5.41, 5.74) is 0.506. The zero-order valence-corrected chi connectivity index (χ0v) is 9.18. The molecular weight excluding hydrogens is 208 g/mol. The Morgan fingerprint density at radius 2 is 2.25 bits per heavy atom. The molecule has 0 aliphatic carbocycles. The van der Waals surface area contributed by atoms with Crippen molar-refractivity contribution in [2.75, 3.05) is 38.3 Å². The molecule has 5 nitrogen and oxygen atoms in total. The Labute approximate surface area is 94.0 Å². The first kappa shape index (κ1) is 10.9. The fourth-order valence-electron chi connectivity index (χ4n) is 1.69. The number of nitrogens with zero attached hydrogens (tertiary/aromatic N) is 2. The number of hydrogen-bond acceptors (Lipinski definition) is 5. The molecule has 1 aromatic heterocycles. The van der Waals surface area contributed by atoms with Crippen molar-refractivity contribution in [3.8, 4) is 0 Å². The van der Waals surface area contributed by atoms with Crippen molar-refractivity contribution in [3.63, 3.8) is 0 Å². The van der Waals surface area contributed by atoms with Gasteiger partial charge in [-0.3, -0.25) is 0 Å². The number of esters is 1. The van der Waals surface area contributed by atoms with Gasteiger partial charge in [-0.05, 0) is 12.1 Å². The molecule has 1 saturated heterocycles. The molecule has 0 aromatic carbocycles. The zero-order chi connectivity index (χ0) is 11.4. The standard InChI is InChI=1S/C11H14N2O3/c1-15-11(14)9-3-2-4-12-10(9)13-5-7-16-8-6-13/h2-4H,5-8H2,1H3. The molecular formula is C11H14N2O3. The van der Waals surface area contributed by atoms with E-state index in [-0.39, 0.29) is 5.97 Å². The third kappa shape index (κ3) is 2.14. The number of anilines is 1. The summed E-state index contributed by atoms with van der Waals surface area (Å²) in [6, 6.07) is 3.46. The van der Waals surface area contributed by atoms with Crippen LogP contribution < -0.4 is 4.90 Å². The molecule has 5 heteroatoms. The fourth-order valence-corrected chi connectivity index (χ4v) is 1.69. The second-order valence-corrected chi connectivity index (χ2v) is 3.47. The smallest absolute Gasteiger partial charge is 0.341 e. The van der Waals surface area contributed by atoms with Gasteiger partial charge in [0.2, 0.25) is 0 Å². The monoisotopic (exact) mass is 222 g/mol. The number of hydrogen-bond donors (Lipinski definition) is 0. The lowest BCUT2D eigenvalue weighted by Crippen LogP contribution is -2.37. The number of methoxy groups -OCH3 is 1. The maximum Gasteiger partial charge on any atom is 0.341 e. The molecule has 0 bridgehead atoms. The summed E-state index contributed by atoms with van der Waals surface area (Å²) in [5.74, 6) is 0.326. The number of aromatic nitrogens is 1. The second kappa shape index (κ2) is 4.94. The first-order valence-electron chi connectivity index (χ1n) is 5.19. The van der Waals surface area contributed by atoms with Gasteiger partial charge >= 0.3 is 5.97 Å². The minimum atomic E-state index is -0.352. The van der Waals surface area contributed by atoms with Crippen LogP contribution in [0.4, 0.5) is 5.82 Å². The summed E-state index contributed by atoms with van der Waals surface area (Å²) in [7, 11) is 1.37. The van der Waals surface area contributed by atoms with Gasteiger partial charge in [0, 0.05) is 19.3 Å². The van der Waals surface area contributed by atoms with Crippen molar-refractivity contribution in [3.05, 3.63) is 23.9 Å². The van der Waals surface area contributed by atoms with Crippen LogP contribution in [0.3, 0.4) is 0 Å². The molecule has 1 aliphatic rings. The zero-order valence-electron chi connectivity index (χ0n) is 9.18. The minimum absolute atomic E-state index is 0.352. The molecule has 1 fully saturated rings. The highest BCUT2D eigenvalue weighted by Crippen LogP contribution is 2.18. The van der Waals surface area contributed by atoms with Gasteiger partial charge in [0.25, 0.3) is 0 Å². The molecule has 0 N–H and O–H groups in total. The Hall–Kier alpha value is -1.62. The molecule has 1 aromatic rings. The van der Waals surface area contributed by atoms with Crippen LogP contribution in [0.1, 0.15) is 10.4 Å². The second-order valence-electron chi connectivity index (χ2n) is 3.47. The van der Waals surface area contributed by atoms with Crippen LogP contribution in [0.25, 0.3) is 0 Å². The topological polar surface area (TPSA) is 51.7 Å². The van der Waals surface area contributed by atoms with Crippen molar-refractivity contribution in [1.29, 1.82) is 0 Å². The molecule has 0 unspecified atom stereocenters. The van der Waals surface area contributed by atoms with Gasteiger partial charge in [-0.25, -0.2) is 9.78 Å². The van der Waals surface area contributed by atoms with Gasteiger partial charge in [0.15, 0.2) is 0 Å². The summed E-state index contributed by atoms with van der Waals surface area (Å²) in [5, 5.41) is 0. The highest BCUT2D eigenvalue weighted by atomic mass is 16.5. The van der Waals surface area contributed by atoms with Crippen molar-refractivity contribution >= 4 is 11.8 Å². The Balaban J connectivity index is 2.28. The number of carbonyl (C=O) groups is 1. The van der Waals surface area contributed by atoms with Gasteiger partial charge < -0.3 is 14.4 Å². The third-order valence-corrected chi connectivity index (χ3v) is 2.50. The lowest BCUT2D eigenvalue weighted by atomic mass is 10.2. The fraction of sp³-hybridized carbons (Fsp3) is 0.455. The highest BCUT2D eigenvalue weighted by molar-refractivity contribution is 5.94. The first-order valence-corrected chi connectivity index (χ1v) is 5.19. The molecule has 16 heavy (non-hydrogen) atoms. The van der Waals surface area contributed by atoms with E-state index in [0.29, 0.717) is 24.6 Å². The molecule has 0 saturated carbocycles.